The Morgan fingerprint density at radius 3 is 2.82 bits per heavy atom. The number of hydrogen-bond acceptors (Lipinski definition) is 4. The number of aliphatic hydroxyl groups is 1. The van der Waals surface area contributed by atoms with Gasteiger partial charge in [0.15, 0.2) is 0 Å². The van der Waals surface area contributed by atoms with E-state index >= 15 is 0 Å². The molecule has 1 saturated carbocycles. The van der Waals surface area contributed by atoms with Crippen molar-refractivity contribution in [2.75, 3.05) is 19.6 Å². The molecule has 1 amide bonds. The van der Waals surface area contributed by atoms with Gasteiger partial charge < -0.3 is 10.4 Å². The van der Waals surface area contributed by atoms with Gasteiger partial charge in [0.2, 0.25) is 5.91 Å². The SMILES string of the molecule is O=C(CCN1C[C@@H](Cc2ccnc3ccccc23)[C@H](O)C1)NC1CCCCC1. The van der Waals surface area contributed by atoms with E-state index < -0.39 is 0 Å². The third kappa shape index (κ3) is 4.70. The number of likely N-dealkylation sites (tertiary alicyclic amines) is 1. The summed E-state index contributed by atoms with van der Waals surface area (Å²) in [7, 11) is 0. The molecule has 0 radical (unpaired) electrons. The summed E-state index contributed by atoms with van der Waals surface area (Å²) >= 11 is 0. The maximum Gasteiger partial charge on any atom is 0.221 e. The summed E-state index contributed by atoms with van der Waals surface area (Å²) in [6.45, 7) is 2.22. The number of carbonyl (C=O) groups is 1. The van der Waals surface area contributed by atoms with Gasteiger partial charge in [-0.1, -0.05) is 37.5 Å². The molecule has 1 aliphatic heterocycles. The second-order valence-corrected chi connectivity index (χ2v) is 8.43. The van der Waals surface area contributed by atoms with E-state index in [1.807, 2.05) is 24.4 Å². The van der Waals surface area contributed by atoms with Gasteiger partial charge in [-0.05, 0) is 37.0 Å². The van der Waals surface area contributed by atoms with Crippen LogP contribution in [0.4, 0.5) is 0 Å². The molecule has 1 aliphatic carbocycles. The minimum Gasteiger partial charge on any atom is -0.391 e. The maximum absolute atomic E-state index is 12.3. The molecule has 0 spiro atoms. The summed E-state index contributed by atoms with van der Waals surface area (Å²) in [5, 5.41) is 14.9. The predicted octanol–water partition coefficient (Wildman–Crippen LogP) is 2.91. The Balaban J connectivity index is 1.29. The van der Waals surface area contributed by atoms with Crippen LogP contribution in [0.25, 0.3) is 10.9 Å². The number of para-hydroxylation sites is 1. The molecule has 1 aromatic carbocycles. The predicted molar refractivity (Wildman–Crippen MR) is 111 cm³/mol. The fraction of sp³-hybridized carbons (Fsp3) is 0.565. The Morgan fingerprint density at radius 1 is 1.14 bits per heavy atom. The van der Waals surface area contributed by atoms with Crippen molar-refractivity contribution in [1.82, 2.24) is 15.2 Å². The molecule has 0 unspecified atom stereocenters. The highest BCUT2D eigenvalue weighted by molar-refractivity contribution is 5.81. The van der Waals surface area contributed by atoms with Crippen molar-refractivity contribution >= 4 is 16.8 Å². The van der Waals surface area contributed by atoms with Crippen molar-refractivity contribution < 1.29 is 9.90 Å². The lowest BCUT2D eigenvalue weighted by atomic mass is 9.94. The van der Waals surface area contributed by atoms with Gasteiger partial charge in [-0.15, -0.1) is 0 Å². The standard InChI is InChI=1S/C23H31N3O2/c27-22-16-26(13-11-23(28)25-19-6-2-1-3-7-19)15-18(22)14-17-10-12-24-21-9-5-4-8-20(17)21/h4-5,8-10,12,18-19,22,27H,1-3,6-7,11,13-16H2,(H,25,28)/t18-,22-/m1/s1. The number of aromatic nitrogens is 1. The highest BCUT2D eigenvalue weighted by atomic mass is 16.3. The third-order valence-electron chi connectivity index (χ3n) is 6.33. The van der Waals surface area contributed by atoms with E-state index in [-0.39, 0.29) is 17.9 Å². The normalized spacial score (nSPS) is 23.9. The number of amides is 1. The van der Waals surface area contributed by atoms with Crippen molar-refractivity contribution in [3.63, 3.8) is 0 Å². The number of rotatable bonds is 6. The molecule has 150 valence electrons. The van der Waals surface area contributed by atoms with Crippen molar-refractivity contribution in [3.8, 4) is 0 Å². The number of nitrogens with zero attached hydrogens (tertiary/aromatic N) is 2. The van der Waals surface area contributed by atoms with Crippen LogP contribution in [0.15, 0.2) is 36.5 Å². The van der Waals surface area contributed by atoms with Crippen molar-refractivity contribution in [3.05, 3.63) is 42.1 Å². The van der Waals surface area contributed by atoms with E-state index in [9.17, 15) is 9.90 Å². The first-order valence-corrected chi connectivity index (χ1v) is 10.7. The van der Waals surface area contributed by atoms with Crippen LogP contribution in [-0.2, 0) is 11.2 Å². The van der Waals surface area contributed by atoms with Gasteiger partial charge in [0, 0.05) is 49.6 Å². The average molecular weight is 382 g/mol. The Kier molecular flexibility index (Phi) is 6.23. The molecule has 2 aromatic rings. The lowest BCUT2D eigenvalue weighted by molar-refractivity contribution is -0.122. The van der Waals surface area contributed by atoms with Gasteiger partial charge in [-0.3, -0.25) is 14.7 Å². The van der Waals surface area contributed by atoms with Crippen LogP contribution in [-0.4, -0.2) is 52.7 Å². The van der Waals surface area contributed by atoms with Crippen LogP contribution in [0.3, 0.4) is 0 Å². The number of pyridine rings is 1. The Labute approximate surface area is 167 Å². The van der Waals surface area contributed by atoms with E-state index in [2.05, 4.69) is 27.3 Å². The van der Waals surface area contributed by atoms with Gasteiger partial charge >= 0.3 is 0 Å². The van der Waals surface area contributed by atoms with Crippen molar-refractivity contribution in [1.29, 1.82) is 0 Å². The number of aliphatic hydroxyl groups excluding tert-OH is 1. The number of hydrogen-bond donors (Lipinski definition) is 2. The summed E-state index contributed by atoms with van der Waals surface area (Å²) in [6.07, 6.45) is 8.88. The largest absolute Gasteiger partial charge is 0.391 e. The molecule has 1 saturated heterocycles. The summed E-state index contributed by atoms with van der Waals surface area (Å²) in [4.78, 5) is 18.9. The molecule has 4 rings (SSSR count). The van der Waals surface area contributed by atoms with E-state index in [0.717, 1.165) is 37.9 Å². The number of β-amino-alcohol motifs (C(OH)–C–C–N with tert-alkyl or cyclic N) is 1. The van der Waals surface area contributed by atoms with E-state index in [4.69, 9.17) is 0 Å². The van der Waals surface area contributed by atoms with Gasteiger partial charge in [0.05, 0.1) is 11.6 Å². The molecule has 1 aromatic heterocycles. The number of benzene rings is 1. The molecule has 2 aliphatic rings. The minimum atomic E-state index is -0.340. The molecule has 2 fully saturated rings. The first kappa shape index (κ1) is 19.3. The van der Waals surface area contributed by atoms with Crippen molar-refractivity contribution in [2.45, 2.75) is 57.1 Å². The second-order valence-electron chi connectivity index (χ2n) is 8.43. The molecule has 0 bridgehead atoms. The van der Waals surface area contributed by atoms with Gasteiger partial charge in [0.25, 0.3) is 0 Å². The van der Waals surface area contributed by atoms with Crippen LogP contribution < -0.4 is 5.32 Å². The highest BCUT2D eigenvalue weighted by Gasteiger charge is 2.31. The molecule has 2 N–H and O–H groups in total. The van der Waals surface area contributed by atoms with E-state index in [0.29, 0.717) is 19.0 Å². The second kappa shape index (κ2) is 9.01. The molecule has 5 heteroatoms. The zero-order valence-electron chi connectivity index (χ0n) is 16.5. The smallest absolute Gasteiger partial charge is 0.221 e. The molecular formula is C23H31N3O2. The summed E-state index contributed by atoms with van der Waals surface area (Å²) in [5.74, 6) is 0.358. The minimum absolute atomic E-state index is 0.157. The van der Waals surface area contributed by atoms with Gasteiger partial charge in [-0.25, -0.2) is 0 Å². The Morgan fingerprint density at radius 2 is 1.96 bits per heavy atom. The fourth-order valence-corrected chi connectivity index (χ4v) is 4.75. The highest BCUT2D eigenvalue weighted by Crippen LogP contribution is 2.25. The van der Waals surface area contributed by atoms with Gasteiger partial charge in [-0.2, -0.15) is 0 Å². The first-order chi connectivity index (χ1) is 13.7. The lowest BCUT2D eigenvalue weighted by Gasteiger charge is -2.23. The summed E-state index contributed by atoms with van der Waals surface area (Å²) < 4.78 is 0. The van der Waals surface area contributed by atoms with Crippen LogP contribution in [0.1, 0.15) is 44.1 Å². The van der Waals surface area contributed by atoms with Gasteiger partial charge in [0.1, 0.15) is 0 Å². The van der Waals surface area contributed by atoms with E-state index in [1.54, 1.807) is 0 Å². The molecule has 5 nitrogen and oxygen atoms in total. The molecule has 2 atom stereocenters. The molecule has 28 heavy (non-hydrogen) atoms. The Bertz CT molecular complexity index is 798. The first-order valence-electron chi connectivity index (χ1n) is 10.7. The van der Waals surface area contributed by atoms with Crippen LogP contribution in [0.2, 0.25) is 0 Å². The van der Waals surface area contributed by atoms with E-state index in [1.165, 1.54) is 30.2 Å². The lowest BCUT2D eigenvalue weighted by Crippen LogP contribution is -2.38. The number of fused-ring (bicyclic) bond motifs is 1. The zero-order valence-corrected chi connectivity index (χ0v) is 16.5. The Hall–Kier alpha value is -1.98. The molecular weight excluding hydrogens is 350 g/mol. The summed E-state index contributed by atoms with van der Waals surface area (Å²) in [6, 6.07) is 10.6. The summed E-state index contributed by atoms with van der Waals surface area (Å²) in [5.41, 5.74) is 2.25. The topological polar surface area (TPSA) is 65.5 Å². The van der Waals surface area contributed by atoms with Crippen LogP contribution >= 0.6 is 0 Å². The third-order valence-corrected chi connectivity index (χ3v) is 6.33. The number of carbonyl (C=O) groups excluding carboxylic acids is 1. The quantitative estimate of drug-likeness (QED) is 0.808. The zero-order chi connectivity index (χ0) is 19.3. The van der Waals surface area contributed by atoms with Crippen LogP contribution in [0, 0.1) is 5.92 Å². The van der Waals surface area contributed by atoms with Crippen LogP contribution in [0.5, 0.6) is 0 Å². The number of nitrogens with one attached hydrogen (secondary N) is 1. The van der Waals surface area contributed by atoms with Crippen molar-refractivity contribution in [2.24, 2.45) is 5.92 Å². The fourth-order valence-electron chi connectivity index (χ4n) is 4.75. The maximum atomic E-state index is 12.3. The average Bonchev–Trinajstić information content (AvgIpc) is 3.07. The molecule has 2 heterocycles. The monoisotopic (exact) mass is 381 g/mol.